The molecule has 5 heteroatoms. The first-order valence-electron chi connectivity index (χ1n) is 6.75. The van der Waals surface area contributed by atoms with Crippen molar-refractivity contribution in [3.05, 3.63) is 34.9 Å². The molecule has 0 saturated carbocycles. The second kappa shape index (κ2) is 8.32. The van der Waals surface area contributed by atoms with Gasteiger partial charge in [-0.1, -0.05) is 13.3 Å². The number of nitrogens with one attached hydrogen (secondary N) is 1. The monoisotopic (exact) mass is 279 g/mol. The van der Waals surface area contributed by atoms with Crippen LogP contribution in [-0.4, -0.2) is 36.7 Å². The van der Waals surface area contributed by atoms with Crippen LogP contribution in [0.3, 0.4) is 0 Å². The highest BCUT2D eigenvalue weighted by atomic mass is 16.5. The largest absolute Gasteiger partial charge is 0.478 e. The van der Waals surface area contributed by atoms with E-state index in [1.165, 1.54) is 12.1 Å². The minimum absolute atomic E-state index is 0.120. The Morgan fingerprint density at radius 2 is 1.90 bits per heavy atom. The summed E-state index contributed by atoms with van der Waals surface area (Å²) in [5, 5.41) is 11.7. The van der Waals surface area contributed by atoms with E-state index in [0.717, 1.165) is 18.4 Å². The van der Waals surface area contributed by atoms with Gasteiger partial charge in [-0.3, -0.25) is 4.79 Å². The average molecular weight is 279 g/mol. The Kier molecular flexibility index (Phi) is 6.73. The summed E-state index contributed by atoms with van der Waals surface area (Å²) < 4.78 is 5.34. The van der Waals surface area contributed by atoms with Gasteiger partial charge in [0, 0.05) is 18.7 Å². The van der Waals surface area contributed by atoms with Gasteiger partial charge < -0.3 is 15.2 Å². The molecule has 1 amide bonds. The summed E-state index contributed by atoms with van der Waals surface area (Å²) in [6.45, 7) is 5.42. The van der Waals surface area contributed by atoms with E-state index in [0.29, 0.717) is 25.3 Å². The van der Waals surface area contributed by atoms with E-state index in [1.54, 1.807) is 13.0 Å². The number of rotatable bonds is 8. The maximum absolute atomic E-state index is 11.9. The molecular weight excluding hydrogens is 258 g/mol. The quantitative estimate of drug-likeness (QED) is 0.716. The fraction of sp³-hybridized carbons (Fsp3) is 0.467. The topological polar surface area (TPSA) is 75.6 Å². The Bertz CT molecular complexity index is 471. The molecule has 0 unspecified atom stereocenters. The van der Waals surface area contributed by atoms with Crippen molar-refractivity contribution in [1.29, 1.82) is 0 Å². The second-order valence-electron chi connectivity index (χ2n) is 4.61. The summed E-state index contributed by atoms with van der Waals surface area (Å²) in [6, 6.07) is 4.58. The predicted molar refractivity (Wildman–Crippen MR) is 76.2 cm³/mol. The molecule has 0 heterocycles. The number of ether oxygens (including phenoxy) is 1. The van der Waals surface area contributed by atoms with Crippen molar-refractivity contribution >= 4 is 11.9 Å². The van der Waals surface area contributed by atoms with Crippen LogP contribution in [-0.2, 0) is 4.74 Å². The number of amides is 1. The Morgan fingerprint density at radius 3 is 2.55 bits per heavy atom. The van der Waals surface area contributed by atoms with Crippen LogP contribution < -0.4 is 5.32 Å². The predicted octanol–water partition coefficient (Wildman–Crippen LogP) is 2.24. The van der Waals surface area contributed by atoms with Crippen molar-refractivity contribution < 1.29 is 19.4 Å². The van der Waals surface area contributed by atoms with Crippen LogP contribution in [0.1, 0.15) is 46.0 Å². The average Bonchev–Trinajstić information content (AvgIpc) is 2.41. The molecule has 1 aromatic rings. The van der Waals surface area contributed by atoms with Crippen LogP contribution in [0.2, 0.25) is 0 Å². The standard InChI is InChI=1S/C15H21NO4/c1-3-4-6-20-7-5-16-14(17)12-8-11(2)9-13(10-12)15(18)19/h8-10H,3-7H2,1-2H3,(H,16,17)(H,18,19). The van der Waals surface area contributed by atoms with E-state index in [4.69, 9.17) is 9.84 Å². The molecule has 0 saturated heterocycles. The molecule has 0 atom stereocenters. The fourth-order valence-corrected chi connectivity index (χ4v) is 1.72. The van der Waals surface area contributed by atoms with Crippen molar-refractivity contribution in [2.75, 3.05) is 19.8 Å². The molecule has 1 aromatic carbocycles. The van der Waals surface area contributed by atoms with Gasteiger partial charge >= 0.3 is 5.97 Å². The lowest BCUT2D eigenvalue weighted by Gasteiger charge is -2.07. The first kappa shape index (κ1) is 16.2. The molecular formula is C15H21NO4. The maximum atomic E-state index is 11.9. The van der Waals surface area contributed by atoms with Crippen molar-refractivity contribution in [2.24, 2.45) is 0 Å². The Balaban J connectivity index is 2.49. The van der Waals surface area contributed by atoms with Crippen LogP contribution in [0.5, 0.6) is 0 Å². The smallest absolute Gasteiger partial charge is 0.335 e. The summed E-state index contributed by atoms with van der Waals surface area (Å²) in [5.41, 5.74) is 1.22. The van der Waals surface area contributed by atoms with Crippen molar-refractivity contribution in [3.8, 4) is 0 Å². The Morgan fingerprint density at radius 1 is 1.20 bits per heavy atom. The second-order valence-corrected chi connectivity index (χ2v) is 4.61. The zero-order valence-electron chi connectivity index (χ0n) is 11.9. The summed E-state index contributed by atoms with van der Waals surface area (Å²) in [4.78, 5) is 22.8. The van der Waals surface area contributed by atoms with Crippen molar-refractivity contribution in [1.82, 2.24) is 5.32 Å². The third-order valence-electron chi connectivity index (χ3n) is 2.76. The molecule has 0 spiro atoms. The van der Waals surface area contributed by atoms with Gasteiger partial charge in [0.05, 0.1) is 12.2 Å². The van der Waals surface area contributed by atoms with E-state index < -0.39 is 5.97 Å². The van der Waals surface area contributed by atoms with Crippen molar-refractivity contribution in [3.63, 3.8) is 0 Å². The van der Waals surface area contributed by atoms with Crippen molar-refractivity contribution in [2.45, 2.75) is 26.7 Å². The lowest BCUT2D eigenvalue weighted by molar-refractivity contribution is 0.0696. The van der Waals surface area contributed by atoms with Crippen LogP contribution in [0.4, 0.5) is 0 Å². The molecule has 0 aliphatic carbocycles. The minimum atomic E-state index is -1.04. The van der Waals surface area contributed by atoms with E-state index in [1.807, 2.05) is 0 Å². The number of carbonyl (C=O) groups excluding carboxylic acids is 1. The number of carboxylic acid groups (broad SMARTS) is 1. The number of aromatic carboxylic acids is 1. The SMILES string of the molecule is CCCCOCCNC(=O)c1cc(C)cc(C(=O)O)c1. The van der Waals surface area contributed by atoms with E-state index in [-0.39, 0.29) is 11.5 Å². The molecule has 1 rings (SSSR count). The molecule has 110 valence electrons. The van der Waals surface area contributed by atoms with Gasteiger partial charge in [-0.25, -0.2) is 4.79 Å². The van der Waals surface area contributed by atoms with E-state index in [9.17, 15) is 9.59 Å². The number of hydrogen-bond donors (Lipinski definition) is 2. The number of hydrogen-bond acceptors (Lipinski definition) is 3. The summed E-state index contributed by atoms with van der Waals surface area (Å²) >= 11 is 0. The maximum Gasteiger partial charge on any atom is 0.335 e. The first-order valence-corrected chi connectivity index (χ1v) is 6.75. The molecule has 0 aliphatic rings. The first-order chi connectivity index (χ1) is 9.54. The summed E-state index contributed by atoms with van der Waals surface area (Å²) in [7, 11) is 0. The fourth-order valence-electron chi connectivity index (χ4n) is 1.72. The zero-order chi connectivity index (χ0) is 15.0. The normalized spacial score (nSPS) is 10.3. The van der Waals surface area contributed by atoms with Gasteiger partial charge in [0.1, 0.15) is 0 Å². The number of benzene rings is 1. The highest BCUT2D eigenvalue weighted by molar-refractivity contribution is 5.97. The van der Waals surface area contributed by atoms with Gasteiger partial charge in [-0.15, -0.1) is 0 Å². The summed E-state index contributed by atoms with van der Waals surface area (Å²) in [6.07, 6.45) is 2.08. The Hall–Kier alpha value is -1.88. The summed E-state index contributed by atoms with van der Waals surface area (Å²) in [5.74, 6) is -1.32. The van der Waals surface area contributed by atoms with Gasteiger partial charge in [0.15, 0.2) is 0 Å². The molecule has 0 radical (unpaired) electrons. The Labute approximate surface area is 118 Å². The molecule has 0 fully saturated rings. The van der Waals surface area contributed by atoms with E-state index >= 15 is 0 Å². The van der Waals surface area contributed by atoms with E-state index in [2.05, 4.69) is 12.2 Å². The highest BCUT2D eigenvalue weighted by Gasteiger charge is 2.10. The van der Waals surface area contributed by atoms with Gasteiger partial charge in [0.2, 0.25) is 0 Å². The van der Waals surface area contributed by atoms with Crippen LogP contribution >= 0.6 is 0 Å². The molecule has 20 heavy (non-hydrogen) atoms. The molecule has 0 aliphatic heterocycles. The van der Waals surface area contributed by atoms with Crippen LogP contribution in [0.25, 0.3) is 0 Å². The van der Waals surface area contributed by atoms with Crippen LogP contribution in [0.15, 0.2) is 18.2 Å². The third-order valence-corrected chi connectivity index (χ3v) is 2.76. The molecule has 0 bridgehead atoms. The molecule has 2 N–H and O–H groups in total. The molecule has 5 nitrogen and oxygen atoms in total. The zero-order valence-corrected chi connectivity index (χ0v) is 11.9. The minimum Gasteiger partial charge on any atom is -0.478 e. The van der Waals surface area contributed by atoms with Gasteiger partial charge in [-0.2, -0.15) is 0 Å². The lowest BCUT2D eigenvalue weighted by atomic mass is 10.1. The lowest BCUT2D eigenvalue weighted by Crippen LogP contribution is -2.27. The van der Waals surface area contributed by atoms with Gasteiger partial charge in [-0.05, 0) is 37.1 Å². The van der Waals surface area contributed by atoms with Gasteiger partial charge in [0.25, 0.3) is 5.91 Å². The highest BCUT2D eigenvalue weighted by Crippen LogP contribution is 2.09. The number of unbranched alkanes of at least 4 members (excludes halogenated alkanes) is 1. The third kappa shape index (κ3) is 5.40. The number of carboxylic acids is 1. The number of aryl methyl sites for hydroxylation is 1. The van der Waals surface area contributed by atoms with Crippen LogP contribution in [0, 0.1) is 6.92 Å². The molecule has 0 aromatic heterocycles. The number of carbonyl (C=O) groups is 2.